The molecule has 2 atom stereocenters. The molecule has 0 radical (unpaired) electrons. The first-order chi connectivity index (χ1) is 5.07. The first-order valence-corrected chi connectivity index (χ1v) is 4.33. The van der Waals surface area contributed by atoms with Crippen molar-refractivity contribution in [1.29, 1.82) is 0 Å². The van der Waals surface area contributed by atoms with Crippen LogP contribution in [0.5, 0.6) is 0 Å². The van der Waals surface area contributed by atoms with Gasteiger partial charge < -0.3 is 15.9 Å². The highest BCUT2D eigenvalue weighted by Crippen LogP contribution is 2.09. The Morgan fingerprint density at radius 1 is 1.67 bits per heavy atom. The van der Waals surface area contributed by atoms with Crippen molar-refractivity contribution in [1.82, 2.24) is 0 Å². The van der Waals surface area contributed by atoms with Crippen molar-refractivity contribution in [3.63, 3.8) is 0 Å². The Morgan fingerprint density at radius 3 is 2.50 bits per heavy atom. The zero-order valence-electron chi connectivity index (χ0n) is 6.77. The molecular formula is C6H14ClNO3S. The molecule has 0 unspecified atom stereocenters. The van der Waals surface area contributed by atoms with E-state index in [0.717, 1.165) is 0 Å². The van der Waals surface area contributed by atoms with Gasteiger partial charge in [0.25, 0.3) is 0 Å². The van der Waals surface area contributed by atoms with Crippen molar-refractivity contribution in [2.45, 2.75) is 18.2 Å². The van der Waals surface area contributed by atoms with Gasteiger partial charge in [-0.1, -0.05) is 6.92 Å². The van der Waals surface area contributed by atoms with Gasteiger partial charge in [0, 0.05) is 11.0 Å². The highest BCUT2D eigenvalue weighted by atomic mass is 35.5. The van der Waals surface area contributed by atoms with Crippen molar-refractivity contribution in [3.05, 3.63) is 0 Å². The van der Waals surface area contributed by atoms with Gasteiger partial charge in [-0.25, -0.2) is 0 Å². The second kappa shape index (κ2) is 7.67. The van der Waals surface area contributed by atoms with Crippen LogP contribution in [0.4, 0.5) is 0 Å². The van der Waals surface area contributed by atoms with E-state index in [9.17, 15) is 4.79 Å². The van der Waals surface area contributed by atoms with E-state index in [1.807, 2.05) is 6.92 Å². The summed E-state index contributed by atoms with van der Waals surface area (Å²) in [5.41, 5.74) is 5.22. The average Bonchev–Trinajstić information content (AvgIpc) is 1.99. The number of carboxylic acid groups (broad SMARTS) is 1. The molecule has 4 nitrogen and oxygen atoms in total. The quantitative estimate of drug-likeness (QED) is 0.598. The van der Waals surface area contributed by atoms with E-state index < -0.39 is 12.0 Å². The summed E-state index contributed by atoms with van der Waals surface area (Å²) >= 11 is 1.36. The number of hydrogen-bond donors (Lipinski definition) is 3. The van der Waals surface area contributed by atoms with Crippen LogP contribution in [-0.2, 0) is 4.79 Å². The lowest BCUT2D eigenvalue weighted by Crippen LogP contribution is -2.33. The number of aliphatic hydroxyl groups excluding tert-OH is 1. The van der Waals surface area contributed by atoms with Gasteiger partial charge in [0.05, 0.1) is 6.61 Å². The highest BCUT2D eigenvalue weighted by molar-refractivity contribution is 7.99. The number of halogens is 1. The molecule has 6 heteroatoms. The second-order valence-electron chi connectivity index (χ2n) is 2.27. The van der Waals surface area contributed by atoms with Crippen LogP contribution < -0.4 is 5.73 Å². The third kappa shape index (κ3) is 6.72. The summed E-state index contributed by atoms with van der Waals surface area (Å²) in [4.78, 5) is 10.2. The van der Waals surface area contributed by atoms with Crippen LogP contribution >= 0.6 is 24.2 Å². The van der Waals surface area contributed by atoms with Crippen molar-refractivity contribution in [2.75, 3.05) is 12.4 Å². The molecule has 74 valence electrons. The molecule has 0 aromatic heterocycles. The Labute approximate surface area is 81.9 Å². The predicted octanol–water partition coefficient (Wildman–Crippen LogP) is -0.0659. The van der Waals surface area contributed by atoms with Gasteiger partial charge >= 0.3 is 5.97 Å². The van der Waals surface area contributed by atoms with Crippen LogP contribution in [0.15, 0.2) is 0 Å². The highest BCUT2D eigenvalue weighted by Gasteiger charge is 2.12. The SMILES string of the molecule is C[C@H](CO)SC[C@@H](N)C(=O)O.Cl. The summed E-state index contributed by atoms with van der Waals surface area (Å²) in [7, 11) is 0. The predicted molar refractivity (Wildman–Crippen MR) is 51.9 cm³/mol. The van der Waals surface area contributed by atoms with Gasteiger partial charge in [-0.15, -0.1) is 12.4 Å². The fourth-order valence-electron chi connectivity index (χ4n) is 0.392. The summed E-state index contributed by atoms with van der Waals surface area (Å²) in [5.74, 6) is -0.653. The van der Waals surface area contributed by atoms with Gasteiger partial charge in [0.2, 0.25) is 0 Å². The van der Waals surface area contributed by atoms with Crippen molar-refractivity contribution >= 4 is 30.1 Å². The summed E-state index contributed by atoms with van der Waals surface area (Å²) in [6.45, 7) is 1.87. The fraction of sp³-hybridized carbons (Fsp3) is 0.833. The molecule has 0 fully saturated rings. The van der Waals surface area contributed by atoms with Gasteiger partial charge in [-0.2, -0.15) is 11.8 Å². The number of thioether (sulfide) groups is 1. The topological polar surface area (TPSA) is 83.5 Å². The zero-order valence-corrected chi connectivity index (χ0v) is 8.40. The lowest BCUT2D eigenvalue weighted by Gasteiger charge is -2.09. The third-order valence-electron chi connectivity index (χ3n) is 1.13. The van der Waals surface area contributed by atoms with E-state index in [4.69, 9.17) is 15.9 Å². The normalized spacial score (nSPS) is 14.6. The fourth-order valence-corrected chi connectivity index (χ4v) is 1.18. The largest absolute Gasteiger partial charge is 0.480 e. The zero-order chi connectivity index (χ0) is 8.85. The van der Waals surface area contributed by atoms with Gasteiger partial charge in [0.15, 0.2) is 0 Å². The Balaban J connectivity index is 0. The standard InChI is InChI=1S/C6H13NO3S.ClH/c1-4(2-8)11-3-5(7)6(9)10;/h4-5,8H,2-3,7H2,1H3,(H,9,10);1H/t4-,5-;/m1./s1. The number of carboxylic acids is 1. The average molecular weight is 216 g/mol. The van der Waals surface area contributed by atoms with Crippen LogP contribution in [0.2, 0.25) is 0 Å². The molecule has 0 rings (SSSR count). The number of carbonyl (C=O) groups is 1. The second-order valence-corrected chi connectivity index (χ2v) is 3.74. The minimum absolute atomic E-state index is 0. The minimum atomic E-state index is -0.998. The van der Waals surface area contributed by atoms with Crippen LogP contribution in [0.25, 0.3) is 0 Å². The van der Waals surface area contributed by atoms with E-state index in [0.29, 0.717) is 5.75 Å². The molecule has 0 spiro atoms. The maximum atomic E-state index is 10.2. The number of aliphatic hydroxyl groups is 1. The molecule has 0 saturated heterocycles. The molecule has 4 N–H and O–H groups in total. The molecule has 0 aliphatic rings. The molecule has 0 saturated carbocycles. The molecule has 0 heterocycles. The third-order valence-corrected chi connectivity index (χ3v) is 2.40. The Bertz CT molecular complexity index is 136. The van der Waals surface area contributed by atoms with E-state index in [1.54, 1.807) is 0 Å². The van der Waals surface area contributed by atoms with E-state index in [-0.39, 0.29) is 24.3 Å². The summed E-state index contributed by atoms with van der Waals surface area (Å²) in [5, 5.41) is 17.0. The maximum Gasteiger partial charge on any atom is 0.321 e. The monoisotopic (exact) mass is 215 g/mol. The van der Waals surface area contributed by atoms with E-state index in [1.165, 1.54) is 11.8 Å². The molecule has 12 heavy (non-hydrogen) atoms. The first-order valence-electron chi connectivity index (χ1n) is 3.28. The Hall–Kier alpha value is 0.0300. The molecule has 0 amide bonds. The number of rotatable bonds is 5. The van der Waals surface area contributed by atoms with Crippen LogP contribution in [-0.4, -0.2) is 39.8 Å². The van der Waals surface area contributed by atoms with E-state index >= 15 is 0 Å². The van der Waals surface area contributed by atoms with Crippen molar-refractivity contribution < 1.29 is 15.0 Å². The van der Waals surface area contributed by atoms with Crippen molar-refractivity contribution in [3.8, 4) is 0 Å². The summed E-state index contributed by atoms with van der Waals surface area (Å²) < 4.78 is 0. The van der Waals surface area contributed by atoms with Gasteiger partial charge in [-0.3, -0.25) is 4.79 Å². The summed E-state index contributed by atoms with van der Waals surface area (Å²) in [6, 6.07) is -0.825. The first kappa shape index (κ1) is 14.5. The van der Waals surface area contributed by atoms with Gasteiger partial charge in [-0.05, 0) is 0 Å². The molecule has 0 bridgehead atoms. The molecular weight excluding hydrogens is 202 g/mol. The van der Waals surface area contributed by atoms with E-state index in [2.05, 4.69) is 0 Å². The lowest BCUT2D eigenvalue weighted by atomic mass is 10.4. The van der Waals surface area contributed by atoms with Crippen molar-refractivity contribution in [2.24, 2.45) is 5.73 Å². The van der Waals surface area contributed by atoms with Crippen LogP contribution in [0, 0.1) is 0 Å². The Kier molecular flexibility index (Phi) is 9.30. The molecule has 0 aromatic rings. The summed E-state index contributed by atoms with van der Waals surface area (Å²) in [6.07, 6.45) is 0. The smallest absolute Gasteiger partial charge is 0.321 e. The molecule has 0 aromatic carbocycles. The lowest BCUT2D eigenvalue weighted by molar-refractivity contribution is -0.137. The number of aliphatic carboxylic acids is 1. The van der Waals surface area contributed by atoms with Crippen LogP contribution in [0.3, 0.4) is 0 Å². The number of hydrogen-bond acceptors (Lipinski definition) is 4. The molecule has 0 aliphatic carbocycles. The van der Waals surface area contributed by atoms with Gasteiger partial charge in [0.1, 0.15) is 6.04 Å². The Morgan fingerprint density at radius 2 is 2.17 bits per heavy atom. The number of nitrogens with two attached hydrogens (primary N) is 1. The maximum absolute atomic E-state index is 10.2. The molecule has 0 aliphatic heterocycles. The minimum Gasteiger partial charge on any atom is -0.480 e. The van der Waals surface area contributed by atoms with Crippen LogP contribution in [0.1, 0.15) is 6.92 Å².